The molecule has 0 radical (unpaired) electrons. The lowest BCUT2D eigenvalue weighted by atomic mass is 10.5. The van der Waals surface area contributed by atoms with Crippen molar-refractivity contribution in [3.63, 3.8) is 0 Å². The van der Waals surface area contributed by atoms with Gasteiger partial charge in [-0.1, -0.05) is 22.6 Å². The normalized spacial score (nSPS) is 12.8. The third-order valence-electron chi connectivity index (χ3n) is 0.601. The van der Waals surface area contributed by atoms with Gasteiger partial charge in [0.05, 0.1) is 6.42 Å². The number of aliphatic hydroxyl groups excluding tert-OH is 1. The fourth-order valence-corrected chi connectivity index (χ4v) is 0.767. The molecule has 0 amide bonds. The van der Waals surface area contributed by atoms with Gasteiger partial charge in [0.1, 0.15) is 0 Å². The SMILES string of the molecule is CC(O)OC(=O)CCI. The van der Waals surface area contributed by atoms with Gasteiger partial charge in [-0.05, 0) is 6.92 Å². The summed E-state index contributed by atoms with van der Waals surface area (Å²) in [4.78, 5) is 10.5. The molecule has 1 unspecified atom stereocenters. The van der Waals surface area contributed by atoms with Crippen molar-refractivity contribution in [3.05, 3.63) is 0 Å². The van der Waals surface area contributed by atoms with Gasteiger partial charge in [0.2, 0.25) is 0 Å². The fourth-order valence-electron chi connectivity index (χ4n) is 0.326. The minimum Gasteiger partial charge on any atom is -0.436 e. The van der Waals surface area contributed by atoms with Gasteiger partial charge < -0.3 is 9.84 Å². The molecule has 0 aromatic heterocycles. The number of hydrogen-bond donors (Lipinski definition) is 1. The van der Waals surface area contributed by atoms with Crippen molar-refractivity contribution in [2.24, 2.45) is 0 Å². The summed E-state index contributed by atoms with van der Waals surface area (Å²) in [6, 6.07) is 0. The highest BCUT2D eigenvalue weighted by atomic mass is 127. The first-order valence-corrected chi connectivity index (χ1v) is 4.13. The van der Waals surface area contributed by atoms with Gasteiger partial charge in [-0.3, -0.25) is 4.79 Å². The summed E-state index contributed by atoms with van der Waals surface area (Å²) in [6.45, 7) is 1.41. The van der Waals surface area contributed by atoms with E-state index >= 15 is 0 Å². The van der Waals surface area contributed by atoms with Gasteiger partial charge in [-0.15, -0.1) is 0 Å². The van der Waals surface area contributed by atoms with Crippen molar-refractivity contribution in [3.8, 4) is 0 Å². The third kappa shape index (κ3) is 6.04. The van der Waals surface area contributed by atoms with Crippen molar-refractivity contribution >= 4 is 28.6 Å². The summed E-state index contributed by atoms with van der Waals surface area (Å²) >= 11 is 2.07. The van der Waals surface area contributed by atoms with Crippen LogP contribution < -0.4 is 0 Å². The van der Waals surface area contributed by atoms with E-state index in [1.807, 2.05) is 0 Å². The van der Waals surface area contributed by atoms with Gasteiger partial charge in [0.15, 0.2) is 6.29 Å². The molecule has 0 aliphatic heterocycles. The number of ether oxygens (including phenoxy) is 1. The summed E-state index contributed by atoms with van der Waals surface area (Å²) < 4.78 is 5.13. The quantitative estimate of drug-likeness (QED) is 0.344. The molecular formula is C5H9IO3. The van der Waals surface area contributed by atoms with Crippen LogP contribution in [0.4, 0.5) is 0 Å². The molecule has 0 aliphatic carbocycles. The van der Waals surface area contributed by atoms with Gasteiger partial charge in [0, 0.05) is 4.43 Å². The Labute approximate surface area is 67.5 Å². The van der Waals surface area contributed by atoms with Crippen LogP contribution in [-0.2, 0) is 9.53 Å². The zero-order valence-electron chi connectivity index (χ0n) is 5.13. The zero-order valence-corrected chi connectivity index (χ0v) is 7.29. The maximum absolute atomic E-state index is 10.5. The van der Waals surface area contributed by atoms with Crippen molar-refractivity contribution < 1.29 is 14.6 Å². The highest BCUT2D eigenvalue weighted by molar-refractivity contribution is 14.1. The Morgan fingerprint density at radius 3 is 2.78 bits per heavy atom. The first-order chi connectivity index (χ1) is 4.16. The van der Waals surface area contributed by atoms with Gasteiger partial charge in [-0.2, -0.15) is 0 Å². The predicted molar refractivity (Wildman–Crippen MR) is 41.3 cm³/mol. The van der Waals surface area contributed by atoms with Crippen LogP contribution in [0.25, 0.3) is 0 Å². The molecule has 0 rings (SSSR count). The molecular weight excluding hydrogens is 235 g/mol. The molecule has 0 spiro atoms. The Morgan fingerprint density at radius 1 is 1.89 bits per heavy atom. The predicted octanol–water partition coefficient (Wildman–Crippen LogP) is 0.693. The van der Waals surface area contributed by atoms with Gasteiger partial charge in [0.25, 0.3) is 0 Å². The van der Waals surface area contributed by atoms with E-state index in [1.54, 1.807) is 0 Å². The monoisotopic (exact) mass is 244 g/mol. The van der Waals surface area contributed by atoms with Crippen LogP contribution in [0.15, 0.2) is 0 Å². The maximum Gasteiger partial charge on any atom is 0.308 e. The minimum atomic E-state index is -0.972. The van der Waals surface area contributed by atoms with Crippen LogP contribution in [0.1, 0.15) is 13.3 Å². The van der Waals surface area contributed by atoms with Crippen LogP contribution in [-0.4, -0.2) is 21.8 Å². The Balaban J connectivity index is 3.27. The van der Waals surface area contributed by atoms with Crippen molar-refractivity contribution in [1.82, 2.24) is 0 Å². The van der Waals surface area contributed by atoms with Crippen LogP contribution in [0.5, 0.6) is 0 Å². The van der Waals surface area contributed by atoms with E-state index in [2.05, 4.69) is 27.3 Å². The lowest BCUT2D eigenvalue weighted by Crippen LogP contribution is -2.13. The lowest BCUT2D eigenvalue weighted by Gasteiger charge is -2.04. The molecule has 54 valence electrons. The highest BCUT2D eigenvalue weighted by Crippen LogP contribution is 1.94. The minimum absolute atomic E-state index is 0.348. The Morgan fingerprint density at radius 2 is 2.44 bits per heavy atom. The third-order valence-corrected chi connectivity index (χ3v) is 1.14. The van der Waals surface area contributed by atoms with Crippen LogP contribution in [0, 0.1) is 0 Å². The first kappa shape index (κ1) is 9.16. The van der Waals surface area contributed by atoms with Crippen LogP contribution in [0.2, 0.25) is 0 Å². The van der Waals surface area contributed by atoms with Crippen LogP contribution >= 0.6 is 22.6 Å². The molecule has 0 aromatic rings. The maximum atomic E-state index is 10.5. The van der Waals surface area contributed by atoms with Crippen molar-refractivity contribution in [2.75, 3.05) is 4.43 Å². The topological polar surface area (TPSA) is 46.5 Å². The molecule has 9 heavy (non-hydrogen) atoms. The molecule has 0 fully saturated rings. The van der Waals surface area contributed by atoms with Gasteiger partial charge >= 0.3 is 5.97 Å². The summed E-state index contributed by atoms with van der Waals surface area (Å²) in [5.74, 6) is -0.348. The largest absolute Gasteiger partial charge is 0.436 e. The van der Waals surface area contributed by atoms with E-state index < -0.39 is 6.29 Å². The smallest absolute Gasteiger partial charge is 0.308 e. The molecule has 0 bridgehead atoms. The molecule has 0 aromatic carbocycles. The lowest BCUT2D eigenvalue weighted by molar-refractivity contribution is -0.164. The molecule has 0 saturated heterocycles. The van der Waals surface area contributed by atoms with E-state index in [-0.39, 0.29) is 5.97 Å². The van der Waals surface area contributed by atoms with E-state index in [0.29, 0.717) is 6.42 Å². The standard InChI is InChI=1S/C5H9IO3/c1-4(7)9-5(8)2-3-6/h4,7H,2-3H2,1H3. The van der Waals surface area contributed by atoms with Crippen LogP contribution in [0.3, 0.4) is 0 Å². The summed E-state index contributed by atoms with van der Waals surface area (Å²) in [7, 11) is 0. The number of esters is 1. The molecule has 1 atom stereocenters. The Bertz CT molecular complexity index is 92.2. The number of carbonyl (C=O) groups is 1. The summed E-state index contributed by atoms with van der Waals surface area (Å²) in [5.41, 5.74) is 0. The van der Waals surface area contributed by atoms with Crippen molar-refractivity contribution in [2.45, 2.75) is 19.6 Å². The number of hydrogen-bond acceptors (Lipinski definition) is 3. The molecule has 0 aliphatic rings. The molecule has 4 heteroatoms. The number of halogens is 1. The molecule has 0 saturated carbocycles. The van der Waals surface area contributed by atoms with Gasteiger partial charge in [-0.25, -0.2) is 0 Å². The molecule has 3 nitrogen and oxygen atoms in total. The van der Waals surface area contributed by atoms with Crippen molar-refractivity contribution in [1.29, 1.82) is 0 Å². The van der Waals surface area contributed by atoms with E-state index in [4.69, 9.17) is 5.11 Å². The summed E-state index contributed by atoms with van der Waals surface area (Å²) in [5, 5.41) is 8.50. The average Bonchev–Trinajstić information content (AvgIpc) is 1.63. The number of rotatable bonds is 3. The highest BCUT2D eigenvalue weighted by Gasteiger charge is 2.03. The zero-order chi connectivity index (χ0) is 7.28. The Hall–Kier alpha value is 0.160. The summed E-state index contributed by atoms with van der Waals surface area (Å²) in [6.07, 6.45) is -0.605. The second-order valence-corrected chi connectivity index (χ2v) is 2.61. The molecule has 1 N–H and O–H groups in total. The second kappa shape index (κ2) is 4.99. The Kier molecular flexibility index (Phi) is 5.07. The second-order valence-electron chi connectivity index (χ2n) is 1.53. The van der Waals surface area contributed by atoms with E-state index in [9.17, 15) is 4.79 Å². The van der Waals surface area contributed by atoms with E-state index in [1.165, 1.54) is 6.92 Å². The van der Waals surface area contributed by atoms with E-state index in [0.717, 1.165) is 4.43 Å². The average molecular weight is 244 g/mol. The molecule has 0 heterocycles. The first-order valence-electron chi connectivity index (χ1n) is 2.60. The number of aliphatic hydroxyl groups is 1. The fraction of sp³-hybridized carbons (Fsp3) is 0.800. The number of alkyl halides is 1. The number of carbonyl (C=O) groups excluding carboxylic acids is 1.